The van der Waals surface area contributed by atoms with Crippen molar-refractivity contribution in [1.82, 2.24) is 25.0 Å². The molecule has 1 saturated carbocycles. The molecule has 0 spiro atoms. The lowest BCUT2D eigenvalue weighted by molar-refractivity contribution is -0.113. The van der Waals surface area contributed by atoms with Crippen LogP contribution in [0.3, 0.4) is 0 Å². The molecule has 11 heteroatoms. The summed E-state index contributed by atoms with van der Waals surface area (Å²) >= 11 is 8.96. The van der Waals surface area contributed by atoms with E-state index in [-0.39, 0.29) is 11.7 Å². The minimum Gasteiger partial charge on any atom is -0.496 e. The molecule has 2 heterocycles. The highest BCUT2D eigenvalue weighted by Crippen LogP contribution is 2.36. The molecule has 33 heavy (non-hydrogen) atoms. The molecule has 0 saturated heterocycles. The summed E-state index contributed by atoms with van der Waals surface area (Å²) < 4.78 is 7.34. The molecule has 1 aliphatic rings. The van der Waals surface area contributed by atoms with Gasteiger partial charge in [0, 0.05) is 17.5 Å². The van der Waals surface area contributed by atoms with Gasteiger partial charge in [0.25, 0.3) is 0 Å². The second kappa shape index (κ2) is 11.1. The van der Waals surface area contributed by atoms with Crippen LogP contribution in [0, 0.1) is 0 Å². The number of carbonyl (C=O) groups excluding carboxylic acids is 1. The van der Waals surface area contributed by atoms with E-state index in [1.807, 2.05) is 4.57 Å². The van der Waals surface area contributed by atoms with Crippen molar-refractivity contribution in [3.05, 3.63) is 40.9 Å². The van der Waals surface area contributed by atoms with E-state index >= 15 is 0 Å². The second-order valence-electron chi connectivity index (χ2n) is 7.67. The third-order valence-electron chi connectivity index (χ3n) is 5.40. The molecule has 174 valence electrons. The lowest BCUT2D eigenvalue weighted by Crippen LogP contribution is -2.14. The van der Waals surface area contributed by atoms with Gasteiger partial charge in [-0.25, -0.2) is 0 Å². The van der Waals surface area contributed by atoms with Crippen LogP contribution in [0.1, 0.15) is 43.0 Å². The second-order valence-corrected chi connectivity index (χ2v) is 10.1. The Bertz CT molecular complexity index is 1130. The Hall–Kier alpha value is -2.43. The summed E-state index contributed by atoms with van der Waals surface area (Å²) in [6, 6.07) is 5.32. The van der Waals surface area contributed by atoms with Crippen LogP contribution < -0.4 is 10.1 Å². The first-order valence-corrected chi connectivity index (χ1v) is 12.9. The van der Waals surface area contributed by atoms with Gasteiger partial charge in [-0.05, 0) is 31.0 Å². The van der Waals surface area contributed by atoms with Crippen molar-refractivity contribution >= 4 is 45.7 Å². The Morgan fingerprint density at radius 2 is 2.12 bits per heavy atom. The van der Waals surface area contributed by atoms with Crippen LogP contribution in [0.15, 0.2) is 36.0 Å². The van der Waals surface area contributed by atoms with Crippen LogP contribution in [0.25, 0.3) is 11.4 Å². The molecule has 0 bridgehead atoms. The number of rotatable bonds is 9. The van der Waals surface area contributed by atoms with E-state index in [1.165, 1.54) is 42.4 Å². The summed E-state index contributed by atoms with van der Waals surface area (Å²) in [6.45, 7) is 4.30. The first-order chi connectivity index (χ1) is 16.1. The summed E-state index contributed by atoms with van der Waals surface area (Å²) in [5.74, 6) is 1.70. The number of anilines is 1. The number of amides is 1. The molecule has 1 aromatic carbocycles. The van der Waals surface area contributed by atoms with Gasteiger partial charge >= 0.3 is 0 Å². The summed E-state index contributed by atoms with van der Waals surface area (Å²) in [4.78, 5) is 12.6. The van der Waals surface area contributed by atoms with Gasteiger partial charge in [-0.3, -0.25) is 14.7 Å². The molecule has 1 aliphatic carbocycles. The number of benzene rings is 1. The number of thioether (sulfide) groups is 1. The Labute approximate surface area is 205 Å². The number of nitrogens with one attached hydrogen (secondary N) is 1. The average molecular weight is 505 g/mol. The monoisotopic (exact) mass is 504 g/mol. The SMILES string of the molecule is C=CCn1c(SCC(=O)Nc2nnc(C3CCCCC3)s2)nnc1-c1cc(Cl)ccc1OC. The largest absolute Gasteiger partial charge is 0.496 e. The predicted molar refractivity (Wildman–Crippen MR) is 132 cm³/mol. The molecule has 0 radical (unpaired) electrons. The number of aromatic nitrogens is 5. The Morgan fingerprint density at radius 3 is 2.88 bits per heavy atom. The van der Waals surface area contributed by atoms with Gasteiger partial charge in [0.15, 0.2) is 11.0 Å². The summed E-state index contributed by atoms with van der Waals surface area (Å²) in [5.41, 5.74) is 0.722. The number of hydrogen-bond donors (Lipinski definition) is 1. The predicted octanol–water partition coefficient (Wildman–Crippen LogP) is 5.42. The lowest BCUT2D eigenvalue weighted by Gasteiger charge is -2.18. The standard InChI is InChI=1S/C22H25ClN6O2S2/c1-3-11-29-19(16-12-15(23)9-10-17(16)31-2)25-28-22(29)32-13-18(30)24-21-27-26-20(33-21)14-7-5-4-6-8-14/h3,9-10,12,14H,1,4-8,11,13H2,2H3,(H,24,27,30). The number of hydrogen-bond acceptors (Lipinski definition) is 8. The van der Waals surface area contributed by atoms with E-state index in [0.717, 1.165) is 23.4 Å². The first-order valence-electron chi connectivity index (χ1n) is 10.7. The third kappa shape index (κ3) is 5.74. The summed E-state index contributed by atoms with van der Waals surface area (Å²) in [7, 11) is 1.59. The minimum absolute atomic E-state index is 0.165. The van der Waals surface area contributed by atoms with Crippen LogP contribution in [0.2, 0.25) is 5.02 Å². The van der Waals surface area contributed by atoms with Crippen LogP contribution in [-0.2, 0) is 11.3 Å². The van der Waals surface area contributed by atoms with Gasteiger partial charge in [0.2, 0.25) is 11.0 Å². The number of nitrogens with zero attached hydrogens (tertiary/aromatic N) is 5. The molecule has 8 nitrogen and oxygen atoms in total. The highest BCUT2D eigenvalue weighted by molar-refractivity contribution is 7.99. The highest BCUT2D eigenvalue weighted by atomic mass is 35.5. The maximum absolute atomic E-state index is 12.6. The van der Waals surface area contributed by atoms with Gasteiger partial charge in [0.05, 0.1) is 18.4 Å². The third-order valence-corrected chi connectivity index (χ3v) is 7.61. The van der Waals surface area contributed by atoms with Gasteiger partial charge in [-0.15, -0.1) is 27.0 Å². The van der Waals surface area contributed by atoms with E-state index in [9.17, 15) is 4.79 Å². The molecular formula is C22H25ClN6O2S2. The van der Waals surface area contributed by atoms with Crippen molar-refractivity contribution in [3.8, 4) is 17.1 Å². The van der Waals surface area contributed by atoms with Crippen molar-refractivity contribution in [1.29, 1.82) is 0 Å². The van der Waals surface area contributed by atoms with Gasteiger partial charge < -0.3 is 4.74 Å². The average Bonchev–Trinajstić information content (AvgIpc) is 3.46. The zero-order valence-corrected chi connectivity index (χ0v) is 20.7. The molecule has 2 aromatic heterocycles. The van der Waals surface area contributed by atoms with Crippen LogP contribution in [0.4, 0.5) is 5.13 Å². The van der Waals surface area contributed by atoms with E-state index in [4.69, 9.17) is 16.3 Å². The fourth-order valence-corrected chi connectivity index (χ4v) is 5.68. The zero-order valence-electron chi connectivity index (χ0n) is 18.3. The number of carbonyl (C=O) groups is 1. The smallest absolute Gasteiger partial charge is 0.236 e. The van der Waals surface area contributed by atoms with Gasteiger partial charge in [-0.1, -0.05) is 60.0 Å². The first kappa shape index (κ1) is 23.7. The maximum Gasteiger partial charge on any atom is 0.236 e. The summed E-state index contributed by atoms with van der Waals surface area (Å²) in [6.07, 6.45) is 7.81. The van der Waals surface area contributed by atoms with Crippen molar-refractivity contribution in [2.24, 2.45) is 0 Å². The fourth-order valence-electron chi connectivity index (χ4n) is 3.83. The van der Waals surface area contributed by atoms with E-state index in [0.29, 0.717) is 39.3 Å². The number of methoxy groups -OCH3 is 1. The van der Waals surface area contributed by atoms with Crippen molar-refractivity contribution in [2.75, 3.05) is 18.2 Å². The molecule has 1 N–H and O–H groups in total. The Morgan fingerprint density at radius 1 is 1.30 bits per heavy atom. The van der Waals surface area contributed by atoms with E-state index in [2.05, 4.69) is 32.3 Å². The molecule has 1 amide bonds. The molecule has 0 unspecified atom stereocenters. The number of ether oxygens (including phenoxy) is 1. The highest BCUT2D eigenvalue weighted by Gasteiger charge is 2.21. The van der Waals surface area contributed by atoms with Gasteiger partial charge in [-0.2, -0.15) is 0 Å². The van der Waals surface area contributed by atoms with Crippen LogP contribution in [0.5, 0.6) is 5.75 Å². The number of allylic oxidation sites excluding steroid dienone is 1. The maximum atomic E-state index is 12.6. The fraction of sp³-hybridized carbons (Fsp3) is 0.409. The number of halogens is 1. The molecule has 0 aliphatic heterocycles. The van der Waals surface area contributed by atoms with Crippen LogP contribution >= 0.6 is 34.7 Å². The van der Waals surface area contributed by atoms with Crippen molar-refractivity contribution in [3.63, 3.8) is 0 Å². The molecule has 1 fully saturated rings. The minimum atomic E-state index is -0.165. The Balaban J connectivity index is 1.43. The molecule has 3 aromatic rings. The van der Waals surface area contributed by atoms with E-state index in [1.54, 1.807) is 31.4 Å². The molecule has 4 rings (SSSR count). The summed E-state index contributed by atoms with van der Waals surface area (Å²) in [5, 5.41) is 22.6. The lowest BCUT2D eigenvalue weighted by atomic mass is 9.90. The van der Waals surface area contributed by atoms with Crippen molar-refractivity contribution in [2.45, 2.75) is 49.7 Å². The Kier molecular flexibility index (Phi) is 8.00. The quantitative estimate of drug-likeness (QED) is 0.307. The topological polar surface area (TPSA) is 94.8 Å². The molecular weight excluding hydrogens is 480 g/mol. The van der Waals surface area contributed by atoms with Crippen molar-refractivity contribution < 1.29 is 9.53 Å². The van der Waals surface area contributed by atoms with Crippen LogP contribution in [-0.4, -0.2) is 43.7 Å². The van der Waals surface area contributed by atoms with Gasteiger partial charge in [0.1, 0.15) is 10.8 Å². The normalized spacial score (nSPS) is 14.2. The molecule has 0 atom stereocenters. The zero-order chi connectivity index (χ0) is 23.2. The van der Waals surface area contributed by atoms with E-state index < -0.39 is 0 Å².